The minimum Gasteiger partial charge on any atom is -0.272 e. The van der Waals surface area contributed by atoms with Gasteiger partial charge in [-0.1, -0.05) is 55.1 Å². The van der Waals surface area contributed by atoms with Crippen molar-refractivity contribution >= 4 is 35.6 Å². The van der Waals surface area contributed by atoms with Gasteiger partial charge in [-0.2, -0.15) is 5.10 Å². The third-order valence-electron chi connectivity index (χ3n) is 3.19. The number of hydrogen-bond donors (Lipinski definition) is 1. The highest BCUT2D eigenvalue weighted by Crippen LogP contribution is 2.21. The number of carbonyl (C=O) groups is 1. The summed E-state index contributed by atoms with van der Waals surface area (Å²) in [4.78, 5) is 20.8. The van der Waals surface area contributed by atoms with Crippen molar-refractivity contribution in [3.05, 3.63) is 47.4 Å². The molecule has 26 heavy (non-hydrogen) atoms. The summed E-state index contributed by atoms with van der Waals surface area (Å²) in [5, 5.41) is 5.27. The third kappa shape index (κ3) is 7.13. The lowest BCUT2D eigenvalue weighted by atomic mass is 10.2. The fourth-order valence-corrected chi connectivity index (χ4v) is 3.68. The zero-order valence-electron chi connectivity index (χ0n) is 14.7. The summed E-state index contributed by atoms with van der Waals surface area (Å²) in [5.41, 5.74) is 3.59. The number of hydrogen-bond acceptors (Lipinski definition) is 6. The second-order valence-electron chi connectivity index (χ2n) is 5.44. The van der Waals surface area contributed by atoms with Gasteiger partial charge in [-0.05, 0) is 25.5 Å². The first kappa shape index (κ1) is 20.4. The molecule has 1 heterocycles. The molecule has 0 spiro atoms. The third-order valence-corrected chi connectivity index (χ3v) is 5.03. The van der Waals surface area contributed by atoms with Crippen molar-refractivity contribution in [2.75, 3.05) is 11.5 Å². The molecule has 0 atom stereocenters. The molecular formula is C18H21FN4OS2. The Hall–Kier alpha value is -1.93. The molecule has 0 fully saturated rings. The van der Waals surface area contributed by atoms with E-state index in [1.807, 2.05) is 13.0 Å². The highest BCUT2D eigenvalue weighted by molar-refractivity contribution is 8.00. The van der Waals surface area contributed by atoms with Crippen molar-refractivity contribution in [1.82, 2.24) is 15.4 Å². The Labute approximate surface area is 161 Å². The van der Waals surface area contributed by atoms with E-state index in [1.165, 1.54) is 24.0 Å². The van der Waals surface area contributed by atoms with Crippen LogP contribution in [0.5, 0.6) is 0 Å². The van der Waals surface area contributed by atoms with Gasteiger partial charge in [0.1, 0.15) is 10.8 Å². The van der Waals surface area contributed by atoms with E-state index in [2.05, 4.69) is 27.4 Å². The van der Waals surface area contributed by atoms with E-state index >= 15 is 0 Å². The van der Waals surface area contributed by atoms with Gasteiger partial charge >= 0.3 is 0 Å². The molecule has 0 unspecified atom stereocenters. The Morgan fingerprint density at radius 1 is 1.31 bits per heavy atom. The molecule has 0 radical (unpaired) electrons. The number of benzene rings is 1. The predicted molar refractivity (Wildman–Crippen MR) is 105 cm³/mol. The number of rotatable bonds is 9. The Balaban J connectivity index is 1.84. The monoisotopic (exact) mass is 392 g/mol. The minimum atomic E-state index is -0.385. The highest BCUT2D eigenvalue weighted by atomic mass is 32.2. The molecule has 1 N–H and O–H groups in total. The van der Waals surface area contributed by atoms with E-state index in [0.29, 0.717) is 5.56 Å². The largest absolute Gasteiger partial charge is 0.272 e. The van der Waals surface area contributed by atoms with E-state index in [4.69, 9.17) is 0 Å². The van der Waals surface area contributed by atoms with Crippen LogP contribution in [0.4, 0.5) is 4.39 Å². The lowest BCUT2D eigenvalue weighted by Gasteiger charge is -2.05. The van der Waals surface area contributed by atoms with E-state index in [1.54, 1.807) is 30.0 Å². The van der Waals surface area contributed by atoms with Gasteiger partial charge in [0.2, 0.25) is 5.91 Å². The fraction of sp³-hybridized carbons (Fsp3) is 0.333. The maximum Gasteiger partial charge on any atom is 0.250 e. The maximum atomic E-state index is 13.4. The van der Waals surface area contributed by atoms with Crippen LogP contribution in [0.25, 0.3) is 0 Å². The number of nitrogens with zero attached hydrogens (tertiary/aromatic N) is 3. The van der Waals surface area contributed by atoms with Crippen molar-refractivity contribution in [2.24, 2.45) is 5.10 Å². The van der Waals surface area contributed by atoms with Gasteiger partial charge in [-0.3, -0.25) is 4.79 Å². The molecule has 0 saturated heterocycles. The summed E-state index contributed by atoms with van der Waals surface area (Å²) in [6.07, 6.45) is 3.54. The molecule has 1 aromatic carbocycles. The number of hydrazone groups is 1. The van der Waals surface area contributed by atoms with E-state index in [0.717, 1.165) is 34.5 Å². The summed E-state index contributed by atoms with van der Waals surface area (Å²) < 4.78 is 13.4. The molecule has 1 amide bonds. The zero-order chi connectivity index (χ0) is 18.8. The minimum absolute atomic E-state index is 0.171. The molecule has 1 aromatic heterocycles. The number of halogens is 1. The van der Waals surface area contributed by atoms with Crippen LogP contribution in [0.3, 0.4) is 0 Å². The first-order valence-corrected chi connectivity index (χ1v) is 10.2. The van der Waals surface area contributed by atoms with Crippen molar-refractivity contribution < 1.29 is 9.18 Å². The fourth-order valence-electron chi connectivity index (χ4n) is 1.89. The second kappa shape index (κ2) is 10.9. The van der Waals surface area contributed by atoms with Gasteiger partial charge in [0.05, 0.1) is 12.0 Å². The summed E-state index contributed by atoms with van der Waals surface area (Å²) in [5.74, 6) is 0.489. The van der Waals surface area contributed by atoms with Crippen LogP contribution >= 0.6 is 23.5 Å². The van der Waals surface area contributed by atoms with E-state index < -0.39 is 0 Å². The Morgan fingerprint density at radius 3 is 2.88 bits per heavy atom. The molecule has 138 valence electrons. The van der Waals surface area contributed by atoms with Gasteiger partial charge in [-0.15, -0.1) is 0 Å². The summed E-state index contributed by atoms with van der Waals surface area (Å²) >= 11 is 2.95. The molecule has 0 aliphatic rings. The van der Waals surface area contributed by atoms with Gasteiger partial charge in [-0.25, -0.2) is 19.8 Å². The maximum absolute atomic E-state index is 13.4. The van der Waals surface area contributed by atoms with E-state index in [9.17, 15) is 9.18 Å². The predicted octanol–water partition coefficient (Wildman–Crippen LogP) is 4.06. The Kier molecular flexibility index (Phi) is 8.57. The Bertz CT molecular complexity index is 771. The first-order chi connectivity index (χ1) is 12.6. The molecule has 2 rings (SSSR count). The average Bonchev–Trinajstić information content (AvgIpc) is 2.61. The summed E-state index contributed by atoms with van der Waals surface area (Å²) in [7, 11) is 0. The number of amides is 1. The highest BCUT2D eigenvalue weighted by Gasteiger charge is 2.07. The molecule has 2 aromatic rings. The van der Waals surface area contributed by atoms with Crippen LogP contribution < -0.4 is 5.43 Å². The number of unbranched alkanes of at least 4 members (excludes halogenated alkanes) is 1. The zero-order valence-corrected chi connectivity index (χ0v) is 16.4. The summed E-state index contributed by atoms with van der Waals surface area (Å²) in [6.45, 7) is 4.06. The van der Waals surface area contributed by atoms with Gasteiger partial charge in [0.25, 0.3) is 0 Å². The van der Waals surface area contributed by atoms with Crippen LogP contribution in [-0.4, -0.2) is 33.6 Å². The number of aromatic nitrogens is 2. The SMILES string of the molecule is CCCCSc1nc(C)cc(SCC(=O)N/N=C/c2ccccc2F)n1. The van der Waals surface area contributed by atoms with Crippen molar-refractivity contribution in [1.29, 1.82) is 0 Å². The molecule has 0 bridgehead atoms. The lowest BCUT2D eigenvalue weighted by Crippen LogP contribution is -2.19. The molecular weight excluding hydrogens is 371 g/mol. The first-order valence-electron chi connectivity index (χ1n) is 8.26. The van der Waals surface area contributed by atoms with Crippen molar-refractivity contribution in [2.45, 2.75) is 36.9 Å². The average molecular weight is 393 g/mol. The van der Waals surface area contributed by atoms with Gasteiger partial charge < -0.3 is 0 Å². The number of aryl methyl sites for hydroxylation is 1. The Morgan fingerprint density at radius 2 is 2.12 bits per heavy atom. The van der Waals surface area contributed by atoms with Crippen LogP contribution in [-0.2, 0) is 4.79 Å². The van der Waals surface area contributed by atoms with Crippen LogP contribution in [0, 0.1) is 12.7 Å². The normalized spacial score (nSPS) is 11.0. The topological polar surface area (TPSA) is 67.2 Å². The molecule has 8 heteroatoms. The lowest BCUT2D eigenvalue weighted by molar-refractivity contribution is -0.118. The molecule has 0 saturated carbocycles. The second-order valence-corrected chi connectivity index (χ2v) is 7.49. The number of carbonyl (C=O) groups excluding carboxylic acids is 1. The quantitative estimate of drug-likeness (QED) is 0.174. The number of nitrogens with one attached hydrogen (secondary N) is 1. The van der Waals surface area contributed by atoms with Gasteiger partial charge in [0.15, 0.2) is 5.16 Å². The molecule has 0 aliphatic heterocycles. The van der Waals surface area contributed by atoms with Gasteiger partial charge in [0, 0.05) is 17.0 Å². The standard InChI is InChI=1S/C18H21FN4OS2/c1-3-4-9-25-18-21-13(2)10-17(22-18)26-12-16(24)23-20-11-14-7-5-6-8-15(14)19/h5-8,10-11H,3-4,9,12H2,1-2H3,(H,23,24)/b20-11+. The smallest absolute Gasteiger partial charge is 0.250 e. The van der Waals surface area contributed by atoms with E-state index in [-0.39, 0.29) is 17.5 Å². The van der Waals surface area contributed by atoms with Crippen LogP contribution in [0.15, 0.2) is 45.6 Å². The van der Waals surface area contributed by atoms with Crippen LogP contribution in [0.1, 0.15) is 31.0 Å². The molecule has 5 nitrogen and oxygen atoms in total. The number of thioether (sulfide) groups is 2. The van der Waals surface area contributed by atoms with Crippen molar-refractivity contribution in [3.63, 3.8) is 0 Å². The summed E-state index contributed by atoms with van der Waals surface area (Å²) in [6, 6.07) is 8.08. The van der Waals surface area contributed by atoms with Crippen molar-refractivity contribution in [3.8, 4) is 0 Å². The molecule has 0 aliphatic carbocycles. The van der Waals surface area contributed by atoms with Crippen LogP contribution in [0.2, 0.25) is 0 Å².